The number of carbonyl (C=O) groups excluding carboxylic acids is 1. The molecule has 1 aliphatic rings. The van der Waals surface area contributed by atoms with Crippen LogP contribution in [0.15, 0.2) is 24.3 Å². The Balaban J connectivity index is 1.97. The smallest absolute Gasteiger partial charge is 0.416 e. The van der Waals surface area contributed by atoms with Crippen LogP contribution in [0.3, 0.4) is 0 Å². The molecule has 1 fully saturated rings. The zero-order valence-corrected chi connectivity index (χ0v) is 15.2. The first-order valence-electron chi connectivity index (χ1n) is 8.37. The highest BCUT2D eigenvalue weighted by Crippen LogP contribution is 2.29. The molecule has 27 heavy (non-hydrogen) atoms. The summed E-state index contributed by atoms with van der Waals surface area (Å²) in [5.41, 5.74) is -1.00. The Bertz CT molecular complexity index is 682. The minimum atomic E-state index is -4.41. The van der Waals surface area contributed by atoms with E-state index in [0.29, 0.717) is 5.56 Å². The van der Waals surface area contributed by atoms with Gasteiger partial charge in [-0.3, -0.25) is 4.90 Å². The molecule has 2 rings (SSSR count). The molecule has 0 saturated carbocycles. The molecule has 1 heterocycles. The van der Waals surface area contributed by atoms with E-state index in [1.54, 1.807) is 20.8 Å². The first kappa shape index (κ1) is 21.0. The predicted molar refractivity (Wildman–Crippen MR) is 89.0 cm³/mol. The summed E-state index contributed by atoms with van der Waals surface area (Å²) in [6.45, 7) is 5.07. The summed E-state index contributed by atoms with van der Waals surface area (Å²) in [5, 5.41) is 9.33. The topological polar surface area (TPSA) is 76.1 Å². The third-order valence-corrected chi connectivity index (χ3v) is 3.94. The van der Waals surface area contributed by atoms with Crippen LogP contribution in [0.1, 0.15) is 38.3 Å². The third kappa shape index (κ3) is 5.85. The molecule has 2 atom stereocenters. The fourth-order valence-electron chi connectivity index (χ4n) is 2.68. The van der Waals surface area contributed by atoms with Crippen molar-refractivity contribution in [2.45, 2.75) is 57.7 Å². The Morgan fingerprint density at radius 2 is 1.78 bits per heavy atom. The Morgan fingerprint density at radius 1 is 1.19 bits per heavy atom. The molecule has 0 spiro atoms. The standard InChI is InChI=1S/C18H22F3NO5/c1-17(2,3)27-16(25)22-9-13(8-14(22)15(23)24)26-10-11-4-6-12(7-5-11)18(19,20)21/h4-7,13-14H,8-10H2,1-3H3,(H,23,24). The first-order valence-corrected chi connectivity index (χ1v) is 8.37. The summed E-state index contributed by atoms with van der Waals surface area (Å²) in [4.78, 5) is 24.7. The summed E-state index contributed by atoms with van der Waals surface area (Å²) in [6, 6.07) is 3.45. The van der Waals surface area contributed by atoms with E-state index >= 15 is 0 Å². The van der Waals surface area contributed by atoms with Gasteiger partial charge in [0, 0.05) is 6.42 Å². The SMILES string of the molecule is CC(C)(C)OC(=O)N1CC(OCc2ccc(C(F)(F)F)cc2)CC1C(=O)O. The van der Waals surface area contributed by atoms with Crippen molar-refractivity contribution in [2.75, 3.05) is 6.54 Å². The first-order chi connectivity index (χ1) is 12.4. The van der Waals surface area contributed by atoms with Gasteiger partial charge in [-0.15, -0.1) is 0 Å². The van der Waals surface area contributed by atoms with Crippen LogP contribution in [0.5, 0.6) is 0 Å². The van der Waals surface area contributed by atoms with Crippen LogP contribution >= 0.6 is 0 Å². The number of hydrogen-bond donors (Lipinski definition) is 1. The van der Waals surface area contributed by atoms with Gasteiger partial charge >= 0.3 is 18.2 Å². The number of amides is 1. The molecule has 0 aromatic heterocycles. The molecule has 0 bridgehead atoms. The number of hydrogen-bond acceptors (Lipinski definition) is 4. The van der Waals surface area contributed by atoms with E-state index < -0.39 is 41.5 Å². The highest BCUT2D eigenvalue weighted by molar-refractivity contribution is 5.81. The Labute approximate surface area is 154 Å². The summed E-state index contributed by atoms with van der Waals surface area (Å²) >= 11 is 0. The number of halogens is 3. The molecule has 1 aliphatic heterocycles. The fraction of sp³-hybridized carbons (Fsp3) is 0.556. The second-order valence-corrected chi connectivity index (χ2v) is 7.35. The van der Waals surface area contributed by atoms with E-state index in [4.69, 9.17) is 9.47 Å². The number of carboxylic acid groups (broad SMARTS) is 1. The summed E-state index contributed by atoms with van der Waals surface area (Å²) < 4.78 is 48.5. The van der Waals surface area contributed by atoms with E-state index in [9.17, 15) is 27.9 Å². The summed E-state index contributed by atoms with van der Waals surface area (Å²) in [7, 11) is 0. The monoisotopic (exact) mass is 389 g/mol. The van der Waals surface area contributed by atoms with Gasteiger partial charge in [0.1, 0.15) is 11.6 Å². The molecule has 1 N–H and O–H groups in total. The van der Waals surface area contributed by atoms with Gasteiger partial charge in [0.25, 0.3) is 0 Å². The van der Waals surface area contributed by atoms with Crippen LogP contribution in [0, 0.1) is 0 Å². The molecule has 1 saturated heterocycles. The zero-order chi connectivity index (χ0) is 20.4. The van der Waals surface area contributed by atoms with Crippen molar-refractivity contribution in [1.29, 1.82) is 0 Å². The number of ether oxygens (including phenoxy) is 2. The Kier molecular flexibility index (Phi) is 6.04. The highest BCUT2D eigenvalue weighted by atomic mass is 19.4. The van der Waals surface area contributed by atoms with Gasteiger partial charge in [0.15, 0.2) is 0 Å². The van der Waals surface area contributed by atoms with Crippen LogP contribution in [0.2, 0.25) is 0 Å². The molecule has 2 unspecified atom stereocenters. The normalized spacial score (nSPS) is 20.6. The van der Waals surface area contributed by atoms with Crippen molar-refractivity contribution in [3.63, 3.8) is 0 Å². The molecule has 0 aliphatic carbocycles. The van der Waals surface area contributed by atoms with Gasteiger partial charge in [-0.2, -0.15) is 13.2 Å². The van der Waals surface area contributed by atoms with Gasteiger partial charge in [-0.05, 0) is 38.5 Å². The maximum absolute atomic E-state index is 12.6. The lowest BCUT2D eigenvalue weighted by atomic mass is 10.1. The van der Waals surface area contributed by atoms with E-state index in [0.717, 1.165) is 17.0 Å². The minimum Gasteiger partial charge on any atom is -0.480 e. The van der Waals surface area contributed by atoms with E-state index in [2.05, 4.69) is 0 Å². The Morgan fingerprint density at radius 3 is 2.26 bits per heavy atom. The average Bonchev–Trinajstić information content (AvgIpc) is 2.95. The molecule has 9 heteroatoms. The Hall–Kier alpha value is -2.29. The number of carboxylic acids is 1. The zero-order valence-electron chi connectivity index (χ0n) is 15.2. The maximum Gasteiger partial charge on any atom is 0.416 e. The van der Waals surface area contributed by atoms with E-state index in [-0.39, 0.29) is 19.6 Å². The molecule has 6 nitrogen and oxygen atoms in total. The quantitative estimate of drug-likeness (QED) is 0.850. The molecular weight excluding hydrogens is 367 g/mol. The molecule has 1 aromatic carbocycles. The van der Waals surface area contributed by atoms with Crippen LogP contribution in [-0.4, -0.2) is 46.4 Å². The van der Waals surface area contributed by atoms with Gasteiger partial charge < -0.3 is 14.6 Å². The van der Waals surface area contributed by atoms with Crippen molar-refractivity contribution in [3.05, 3.63) is 35.4 Å². The molecule has 150 valence electrons. The number of carbonyl (C=O) groups is 2. The van der Waals surface area contributed by atoms with Crippen LogP contribution in [0.25, 0.3) is 0 Å². The molecule has 1 amide bonds. The lowest BCUT2D eigenvalue weighted by molar-refractivity contribution is -0.142. The summed E-state index contributed by atoms with van der Waals surface area (Å²) in [5.74, 6) is -1.17. The number of benzene rings is 1. The van der Waals surface area contributed by atoms with Crippen LogP contribution in [0.4, 0.5) is 18.0 Å². The van der Waals surface area contributed by atoms with Crippen molar-refractivity contribution in [1.82, 2.24) is 4.90 Å². The molecular formula is C18H22F3NO5. The minimum absolute atomic E-state index is 0.0112. The van der Waals surface area contributed by atoms with E-state index in [1.165, 1.54) is 12.1 Å². The van der Waals surface area contributed by atoms with E-state index in [1.807, 2.05) is 0 Å². The van der Waals surface area contributed by atoms with Crippen molar-refractivity contribution in [2.24, 2.45) is 0 Å². The lowest BCUT2D eigenvalue weighted by Crippen LogP contribution is -2.43. The number of likely N-dealkylation sites (tertiary alicyclic amines) is 1. The number of rotatable bonds is 4. The van der Waals surface area contributed by atoms with Crippen LogP contribution in [-0.2, 0) is 27.1 Å². The second-order valence-electron chi connectivity index (χ2n) is 7.35. The van der Waals surface area contributed by atoms with Crippen molar-refractivity contribution in [3.8, 4) is 0 Å². The van der Waals surface area contributed by atoms with Crippen molar-refractivity contribution < 1.29 is 37.3 Å². The van der Waals surface area contributed by atoms with Crippen LogP contribution < -0.4 is 0 Å². The number of aliphatic carboxylic acids is 1. The predicted octanol–water partition coefficient (Wildman–Crippen LogP) is 3.68. The average molecular weight is 389 g/mol. The van der Waals surface area contributed by atoms with Gasteiger partial charge in [-0.25, -0.2) is 9.59 Å². The molecule has 0 radical (unpaired) electrons. The number of alkyl halides is 3. The van der Waals surface area contributed by atoms with Gasteiger partial charge in [-0.1, -0.05) is 12.1 Å². The second kappa shape index (κ2) is 7.75. The number of nitrogens with zero attached hydrogens (tertiary/aromatic N) is 1. The van der Waals surface area contributed by atoms with Crippen molar-refractivity contribution >= 4 is 12.1 Å². The largest absolute Gasteiger partial charge is 0.480 e. The highest BCUT2D eigenvalue weighted by Gasteiger charge is 2.42. The fourth-order valence-corrected chi connectivity index (χ4v) is 2.68. The maximum atomic E-state index is 12.6. The van der Waals surface area contributed by atoms with Gasteiger partial charge in [0.2, 0.25) is 0 Å². The lowest BCUT2D eigenvalue weighted by Gasteiger charge is -2.26. The summed E-state index contributed by atoms with van der Waals surface area (Å²) in [6.07, 6.45) is -5.63. The molecule has 1 aromatic rings. The van der Waals surface area contributed by atoms with Gasteiger partial charge in [0.05, 0.1) is 24.8 Å². The third-order valence-electron chi connectivity index (χ3n) is 3.94.